The lowest BCUT2D eigenvalue weighted by molar-refractivity contribution is 0.0870. The summed E-state index contributed by atoms with van der Waals surface area (Å²) < 4.78 is 5.47. The van der Waals surface area contributed by atoms with Gasteiger partial charge in [-0.15, -0.1) is 0 Å². The van der Waals surface area contributed by atoms with Crippen molar-refractivity contribution in [3.63, 3.8) is 0 Å². The molecular formula is C11H18N6O. The van der Waals surface area contributed by atoms with Gasteiger partial charge in [0.2, 0.25) is 5.95 Å². The molecule has 2 aromatic heterocycles. The first-order chi connectivity index (χ1) is 8.70. The van der Waals surface area contributed by atoms with E-state index in [0.29, 0.717) is 24.7 Å². The van der Waals surface area contributed by atoms with Gasteiger partial charge >= 0.3 is 0 Å². The normalized spacial score (nSPS) is 11.1. The summed E-state index contributed by atoms with van der Waals surface area (Å²) in [5.41, 5.74) is 0.710. The van der Waals surface area contributed by atoms with Crippen LogP contribution in [0.2, 0.25) is 0 Å². The molecule has 0 unspecified atom stereocenters. The molecule has 0 fully saturated rings. The van der Waals surface area contributed by atoms with E-state index in [4.69, 9.17) is 4.74 Å². The molecule has 7 nitrogen and oxygen atoms in total. The number of nitrogens with one attached hydrogen (secondary N) is 3. The number of fused-ring (bicyclic) bond motifs is 1. The van der Waals surface area contributed by atoms with Crippen LogP contribution < -0.4 is 10.6 Å². The lowest BCUT2D eigenvalue weighted by atomic mass is 10.4. The predicted octanol–water partition coefficient (Wildman–Crippen LogP) is 1.23. The molecule has 0 bridgehead atoms. The molecule has 0 aliphatic rings. The minimum absolute atomic E-state index is 0.235. The SMILES string of the molecule is CNc1nc(NCCOC(C)C)c2cn[nH]c2n1. The maximum Gasteiger partial charge on any atom is 0.226 e. The first-order valence-corrected chi connectivity index (χ1v) is 5.95. The number of H-pyrrole nitrogens is 1. The Hall–Kier alpha value is -1.89. The Kier molecular flexibility index (Phi) is 3.93. The second kappa shape index (κ2) is 5.63. The molecule has 3 N–H and O–H groups in total. The molecule has 0 aliphatic heterocycles. The highest BCUT2D eigenvalue weighted by Crippen LogP contribution is 2.19. The average Bonchev–Trinajstić information content (AvgIpc) is 2.82. The first-order valence-electron chi connectivity index (χ1n) is 5.95. The van der Waals surface area contributed by atoms with Gasteiger partial charge in [0.15, 0.2) is 5.65 Å². The van der Waals surface area contributed by atoms with E-state index in [2.05, 4.69) is 30.8 Å². The average molecular weight is 250 g/mol. The van der Waals surface area contributed by atoms with Crippen molar-refractivity contribution in [3.8, 4) is 0 Å². The Morgan fingerprint density at radius 2 is 2.22 bits per heavy atom. The van der Waals surface area contributed by atoms with E-state index in [-0.39, 0.29) is 6.10 Å². The minimum Gasteiger partial charge on any atom is -0.377 e. The largest absolute Gasteiger partial charge is 0.377 e. The van der Waals surface area contributed by atoms with Crippen LogP contribution in [0.5, 0.6) is 0 Å². The predicted molar refractivity (Wildman–Crippen MR) is 70.8 cm³/mol. The van der Waals surface area contributed by atoms with E-state index in [1.807, 2.05) is 13.8 Å². The fourth-order valence-electron chi connectivity index (χ4n) is 1.55. The van der Waals surface area contributed by atoms with Gasteiger partial charge in [-0.2, -0.15) is 15.1 Å². The molecule has 0 spiro atoms. The standard InChI is InChI=1S/C11H18N6O/c1-7(2)18-5-4-13-9-8-6-14-17-10(8)16-11(12-3)15-9/h6-7H,4-5H2,1-3H3,(H3,12,13,14,15,16,17). The number of hydrogen-bond donors (Lipinski definition) is 3. The Balaban J connectivity index is 2.08. The maximum atomic E-state index is 5.47. The second-order valence-electron chi connectivity index (χ2n) is 4.12. The summed E-state index contributed by atoms with van der Waals surface area (Å²) in [7, 11) is 1.78. The quantitative estimate of drug-likeness (QED) is 0.668. The molecule has 0 amide bonds. The molecular weight excluding hydrogens is 232 g/mol. The lowest BCUT2D eigenvalue weighted by Crippen LogP contribution is -2.14. The van der Waals surface area contributed by atoms with Crippen molar-refractivity contribution < 1.29 is 4.74 Å². The van der Waals surface area contributed by atoms with Crippen molar-refractivity contribution in [3.05, 3.63) is 6.20 Å². The Labute approximate surface area is 105 Å². The van der Waals surface area contributed by atoms with E-state index in [1.165, 1.54) is 0 Å². The lowest BCUT2D eigenvalue weighted by Gasteiger charge is -2.10. The molecule has 2 heterocycles. The van der Waals surface area contributed by atoms with Gasteiger partial charge in [-0.25, -0.2) is 0 Å². The van der Waals surface area contributed by atoms with E-state index in [0.717, 1.165) is 11.2 Å². The van der Waals surface area contributed by atoms with E-state index >= 15 is 0 Å². The molecule has 18 heavy (non-hydrogen) atoms. The summed E-state index contributed by atoms with van der Waals surface area (Å²) in [6.07, 6.45) is 1.94. The smallest absolute Gasteiger partial charge is 0.226 e. The molecule has 2 aromatic rings. The third-order valence-corrected chi connectivity index (χ3v) is 2.38. The van der Waals surface area contributed by atoms with Gasteiger partial charge in [0.05, 0.1) is 24.3 Å². The van der Waals surface area contributed by atoms with E-state index < -0.39 is 0 Å². The maximum absolute atomic E-state index is 5.47. The fourth-order valence-corrected chi connectivity index (χ4v) is 1.55. The molecule has 2 rings (SSSR count). The Bertz CT molecular complexity index is 509. The summed E-state index contributed by atoms with van der Waals surface area (Å²) >= 11 is 0. The van der Waals surface area contributed by atoms with E-state index in [1.54, 1.807) is 13.2 Å². The summed E-state index contributed by atoms with van der Waals surface area (Å²) in [4.78, 5) is 8.62. The number of rotatable bonds is 6. The van der Waals surface area contributed by atoms with Gasteiger partial charge in [0.25, 0.3) is 0 Å². The van der Waals surface area contributed by atoms with Gasteiger partial charge < -0.3 is 15.4 Å². The van der Waals surface area contributed by atoms with Gasteiger partial charge in [0.1, 0.15) is 5.82 Å². The molecule has 0 aliphatic carbocycles. The highest BCUT2D eigenvalue weighted by molar-refractivity contribution is 5.86. The van der Waals surface area contributed by atoms with Gasteiger partial charge in [-0.3, -0.25) is 5.10 Å². The topological polar surface area (TPSA) is 87.8 Å². The molecule has 0 atom stereocenters. The van der Waals surface area contributed by atoms with E-state index in [9.17, 15) is 0 Å². The van der Waals surface area contributed by atoms with Crippen molar-refractivity contribution in [2.24, 2.45) is 0 Å². The summed E-state index contributed by atoms with van der Waals surface area (Å²) in [5, 5.41) is 13.8. The van der Waals surface area contributed by atoms with Crippen molar-refractivity contribution in [2.75, 3.05) is 30.8 Å². The van der Waals surface area contributed by atoms with Crippen LogP contribution in [0, 0.1) is 0 Å². The number of aromatic nitrogens is 4. The van der Waals surface area contributed by atoms with Crippen molar-refractivity contribution in [1.82, 2.24) is 20.2 Å². The highest BCUT2D eigenvalue weighted by atomic mass is 16.5. The summed E-state index contributed by atoms with van der Waals surface area (Å²) in [6.45, 7) is 5.35. The van der Waals surface area contributed by atoms with Crippen LogP contribution >= 0.6 is 0 Å². The number of nitrogens with zero attached hydrogens (tertiary/aromatic N) is 3. The van der Waals surface area contributed by atoms with Gasteiger partial charge in [-0.1, -0.05) is 0 Å². The van der Waals surface area contributed by atoms with Crippen LogP contribution in [0.3, 0.4) is 0 Å². The molecule has 0 saturated heterocycles. The van der Waals surface area contributed by atoms with Crippen LogP contribution in [-0.4, -0.2) is 46.5 Å². The monoisotopic (exact) mass is 250 g/mol. The molecule has 0 aromatic carbocycles. The summed E-state index contributed by atoms with van der Waals surface area (Å²) in [6, 6.07) is 0. The van der Waals surface area contributed by atoms with Gasteiger partial charge in [0, 0.05) is 13.6 Å². The Morgan fingerprint density at radius 3 is 2.94 bits per heavy atom. The van der Waals surface area contributed by atoms with Crippen LogP contribution in [0.15, 0.2) is 6.20 Å². The third-order valence-electron chi connectivity index (χ3n) is 2.38. The molecule has 0 saturated carbocycles. The second-order valence-corrected chi connectivity index (χ2v) is 4.12. The Morgan fingerprint density at radius 1 is 1.39 bits per heavy atom. The number of ether oxygens (including phenoxy) is 1. The third kappa shape index (κ3) is 2.86. The number of hydrogen-bond acceptors (Lipinski definition) is 6. The van der Waals surface area contributed by atoms with Crippen LogP contribution in [-0.2, 0) is 4.74 Å². The molecule has 98 valence electrons. The van der Waals surface area contributed by atoms with Crippen molar-refractivity contribution >= 4 is 22.8 Å². The van der Waals surface area contributed by atoms with Crippen molar-refractivity contribution in [1.29, 1.82) is 0 Å². The van der Waals surface area contributed by atoms with Crippen molar-refractivity contribution in [2.45, 2.75) is 20.0 Å². The van der Waals surface area contributed by atoms with Gasteiger partial charge in [-0.05, 0) is 13.8 Å². The zero-order valence-corrected chi connectivity index (χ0v) is 10.8. The first kappa shape index (κ1) is 12.6. The van der Waals surface area contributed by atoms with Crippen LogP contribution in [0.4, 0.5) is 11.8 Å². The highest BCUT2D eigenvalue weighted by Gasteiger charge is 2.08. The fraction of sp³-hybridized carbons (Fsp3) is 0.545. The zero-order chi connectivity index (χ0) is 13.0. The van der Waals surface area contributed by atoms with Crippen LogP contribution in [0.1, 0.15) is 13.8 Å². The number of aromatic amines is 1. The van der Waals surface area contributed by atoms with Crippen LogP contribution in [0.25, 0.3) is 11.0 Å². The minimum atomic E-state index is 0.235. The molecule has 7 heteroatoms. The number of anilines is 2. The summed E-state index contributed by atoms with van der Waals surface area (Å²) in [5.74, 6) is 1.31. The molecule has 0 radical (unpaired) electrons. The zero-order valence-electron chi connectivity index (χ0n) is 10.8.